The maximum Gasteiger partial charge on any atom is 0.0790 e. The van der Waals surface area contributed by atoms with E-state index in [1.807, 2.05) is 11.8 Å². The summed E-state index contributed by atoms with van der Waals surface area (Å²) in [4.78, 5) is 0. The lowest BCUT2D eigenvalue weighted by Gasteiger charge is -2.23. The van der Waals surface area contributed by atoms with Crippen LogP contribution in [0, 0.1) is 0 Å². The van der Waals surface area contributed by atoms with Gasteiger partial charge < -0.3 is 14.8 Å². The molecule has 1 atom stereocenters. The van der Waals surface area contributed by atoms with Gasteiger partial charge in [0, 0.05) is 31.7 Å². The lowest BCUT2D eigenvalue weighted by molar-refractivity contribution is 0.0440. The fourth-order valence-electron chi connectivity index (χ4n) is 1.08. The number of morpholine rings is 1. The van der Waals surface area contributed by atoms with Gasteiger partial charge in [-0.25, -0.2) is 0 Å². The minimum atomic E-state index is 0.403. The van der Waals surface area contributed by atoms with Crippen LogP contribution in [0.4, 0.5) is 0 Å². The molecule has 0 amide bonds. The second kappa shape index (κ2) is 6.71. The average molecular weight is 191 g/mol. The molecule has 1 N–H and O–H groups in total. The molecule has 1 rings (SSSR count). The van der Waals surface area contributed by atoms with Crippen LogP contribution in [0.5, 0.6) is 0 Å². The summed E-state index contributed by atoms with van der Waals surface area (Å²) in [6.45, 7) is 3.69. The van der Waals surface area contributed by atoms with E-state index in [0.29, 0.717) is 6.10 Å². The van der Waals surface area contributed by atoms with Gasteiger partial charge in [0.1, 0.15) is 0 Å². The van der Waals surface area contributed by atoms with Gasteiger partial charge in [-0.2, -0.15) is 11.8 Å². The molecule has 3 nitrogen and oxygen atoms in total. The second-order valence-corrected chi connectivity index (χ2v) is 3.91. The Balaban J connectivity index is 1.91. The Kier molecular flexibility index (Phi) is 5.77. The van der Waals surface area contributed by atoms with Gasteiger partial charge in [0.15, 0.2) is 0 Å². The lowest BCUT2D eigenvalue weighted by Crippen LogP contribution is -2.39. The van der Waals surface area contributed by atoms with Crippen LogP contribution in [-0.2, 0) is 9.47 Å². The highest BCUT2D eigenvalue weighted by Gasteiger charge is 2.12. The quantitative estimate of drug-likeness (QED) is 0.635. The summed E-state index contributed by atoms with van der Waals surface area (Å²) in [5, 5.41) is 3.31. The van der Waals surface area contributed by atoms with Crippen molar-refractivity contribution in [1.82, 2.24) is 5.32 Å². The van der Waals surface area contributed by atoms with Crippen molar-refractivity contribution >= 4 is 11.8 Å². The smallest absolute Gasteiger partial charge is 0.0790 e. The van der Waals surface area contributed by atoms with Gasteiger partial charge in [-0.1, -0.05) is 0 Å². The van der Waals surface area contributed by atoms with Gasteiger partial charge in [0.25, 0.3) is 0 Å². The first-order chi connectivity index (χ1) is 5.93. The monoisotopic (exact) mass is 191 g/mol. The number of ether oxygens (including phenoxy) is 2. The lowest BCUT2D eigenvalue weighted by atomic mass is 10.3. The van der Waals surface area contributed by atoms with E-state index >= 15 is 0 Å². The van der Waals surface area contributed by atoms with Crippen molar-refractivity contribution in [3.8, 4) is 0 Å². The first kappa shape index (κ1) is 10.3. The topological polar surface area (TPSA) is 30.5 Å². The summed E-state index contributed by atoms with van der Waals surface area (Å²) in [7, 11) is 1.74. The standard InChI is InChI=1S/C8H17NO2S/c1-10-4-5-12-7-8-6-9-2-3-11-8/h8-9H,2-7H2,1H3. The number of nitrogens with one attached hydrogen (secondary N) is 1. The Morgan fingerprint density at radius 1 is 1.67 bits per heavy atom. The maximum absolute atomic E-state index is 5.53. The van der Waals surface area contributed by atoms with E-state index in [-0.39, 0.29) is 0 Å². The van der Waals surface area contributed by atoms with Crippen LogP contribution in [0.15, 0.2) is 0 Å². The molecule has 0 spiro atoms. The van der Waals surface area contributed by atoms with E-state index in [9.17, 15) is 0 Å². The van der Waals surface area contributed by atoms with Crippen LogP contribution in [0.25, 0.3) is 0 Å². The SMILES string of the molecule is COCCSCC1CNCCO1. The minimum absolute atomic E-state index is 0.403. The molecule has 4 heteroatoms. The molecule has 72 valence electrons. The predicted molar refractivity (Wildman–Crippen MR) is 51.8 cm³/mol. The number of rotatable bonds is 5. The molecule has 0 radical (unpaired) electrons. The number of hydrogen-bond acceptors (Lipinski definition) is 4. The molecular weight excluding hydrogens is 174 g/mol. The largest absolute Gasteiger partial charge is 0.384 e. The number of thioether (sulfide) groups is 1. The summed E-state index contributed by atoms with van der Waals surface area (Å²) in [6.07, 6.45) is 0.403. The highest BCUT2D eigenvalue weighted by molar-refractivity contribution is 7.99. The third-order valence-corrected chi connectivity index (χ3v) is 2.80. The normalized spacial score (nSPS) is 24.2. The third kappa shape index (κ3) is 4.30. The maximum atomic E-state index is 5.53. The third-order valence-electron chi connectivity index (χ3n) is 1.74. The molecule has 1 saturated heterocycles. The molecule has 0 aromatic heterocycles. The van der Waals surface area contributed by atoms with Gasteiger partial charge in [0.05, 0.1) is 19.3 Å². The summed E-state index contributed by atoms with van der Waals surface area (Å²) in [5.74, 6) is 2.15. The van der Waals surface area contributed by atoms with E-state index in [2.05, 4.69) is 5.32 Å². The van der Waals surface area contributed by atoms with E-state index in [1.54, 1.807) is 7.11 Å². The van der Waals surface area contributed by atoms with Crippen molar-refractivity contribution in [2.45, 2.75) is 6.10 Å². The molecule has 0 aromatic carbocycles. The Bertz CT molecular complexity index is 107. The molecule has 0 bridgehead atoms. The summed E-state index contributed by atoms with van der Waals surface area (Å²) < 4.78 is 10.5. The Morgan fingerprint density at radius 3 is 3.25 bits per heavy atom. The minimum Gasteiger partial charge on any atom is -0.384 e. The first-order valence-electron chi connectivity index (χ1n) is 4.32. The fraction of sp³-hybridized carbons (Fsp3) is 1.00. The van der Waals surface area contributed by atoms with Crippen LogP contribution in [0.3, 0.4) is 0 Å². The second-order valence-electron chi connectivity index (χ2n) is 2.76. The van der Waals surface area contributed by atoms with E-state index < -0.39 is 0 Å². The van der Waals surface area contributed by atoms with Crippen molar-refractivity contribution in [1.29, 1.82) is 0 Å². The molecule has 1 aliphatic rings. The van der Waals surface area contributed by atoms with E-state index in [4.69, 9.17) is 9.47 Å². The summed E-state index contributed by atoms with van der Waals surface area (Å²) in [6, 6.07) is 0. The molecule has 1 aliphatic heterocycles. The van der Waals surface area contributed by atoms with Crippen LogP contribution >= 0.6 is 11.8 Å². The van der Waals surface area contributed by atoms with Gasteiger partial charge in [0.2, 0.25) is 0 Å². The zero-order chi connectivity index (χ0) is 8.65. The van der Waals surface area contributed by atoms with Crippen molar-refractivity contribution in [3.05, 3.63) is 0 Å². The molecule has 1 unspecified atom stereocenters. The Morgan fingerprint density at radius 2 is 2.58 bits per heavy atom. The molecule has 0 saturated carbocycles. The van der Waals surface area contributed by atoms with E-state index in [0.717, 1.165) is 37.8 Å². The molecule has 12 heavy (non-hydrogen) atoms. The van der Waals surface area contributed by atoms with Crippen LogP contribution in [0.2, 0.25) is 0 Å². The molecule has 0 aliphatic carbocycles. The van der Waals surface area contributed by atoms with Crippen molar-refractivity contribution in [2.75, 3.05) is 44.9 Å². The van der Waals surface area contributed by atoms with Crippen molar-refractivity contribution < 1.29 is 9.47 Å². The number of methoxy groups -OCH3 is 1. The van der Waals surface area contributed by atoms with Crippen LogP contribution in [-0.4, -0.2) is 51.0 Å². The van der Waals surface area contributed by atoms with Crippen LogP contribution in [0.1, 0.15) is 0 Å². The van der Waals surface area contributed by atoms with Gasteiger partial charge in [-0.05, 0) is 0 Å². The fourth-order valence-corrected chi connectivity index (χ4v) is 2.01. The zero-order valence-corrected chi connectivity index (χ0v) is 8.36. The Hall–Kier alpha value is 0.230. The highest BCUT2D eigenvalue weighted by Crippen LogP contribution is 2.06. The Labute approximate surface area is 78.2 Å². The summed E-state index contributed by atoms with van der Waals surface area (Å²) >= 11 is 1.89. The predicted octanol–water partition coefficient (Wildman–Crippen LogP) is 0.354. The van der Waals surface area contributed by atoms with Crippen molar-refractivity contribution in [2.24, 2.45) is 0 Å². The van der Waals surface area contributed by atoms with Crippen molar-refractivity contribution in [3.63, 3.8) is 0 Å². The molecule has 0 aromatic rings. The summed E-state index contributed by atoms with van der Waals surface area (Å²) in [5.41, 5.74) is 0. The van der Waals surface area contributed by atoms with Crippen LogP contribution < -0.4 is 5.32 Å². The average Bonchev–Trinajstić information content (AvgIpc) is 2.14. The first-order valence-corrected chi connectivity index (χ1v) is 5.48. The van der Waals surface area contributed by atoms with Gasteiger partial charge in [-0.15, -0.1) is 0 Å². The van der Waals surface area contributed by atoms with Gasteiger partial charge in [-0.3, -0.25) is 0 Å². The molecular formula is C8H17NO2S. The zero-order valence-electron chi connectivity index (χ0n) is 7.54. The molecule has 1 heterocycles. The number of hydrogen-bond donors (Lipinski definition) is 1. The van der Waals surface area contributed by atoms with E-state index in [1.165, 1.54) is 0 Å². The molecule has 1 fully saturated rings. The van der Waals surface area contributed by atoms with Gasteiger partial charge >= 0.3 is 0 Å². The highest BCUT2D eigenvalue weighted by atomic mass is 32.2.